The van der Waals surface area contributed by atoms with Crippen LogP contribution in [-0.2, 0) is 6.54 Å². The third-order valence-corrected chi connectivity index (χ3v) is 4.90. The van der Waals surface area contributed by atoms with Gasteiger partial charge in [-0.2, -0.15) is 0 Å². The van der Waals surface area contributed by atoms with Crippen LogP contribution in [0, 0.1) is 0 Å². The van der Waals surface area contributed by atoms with Gasteiger partial charge in [-0.25, -0.2) is 0 Å². The molecule has 2 unspecified atom stereocenters. The Hall–Kier alpha value is -0.380. The molecule has 3 heteroatoms. The fourth-order valence-electron chi connectivity index (χ4n) is 2.99. The minimum Gasteiger partial charge on any atom is -0.326 e. The molecule has 0 radical (unpaired) electrons. The van der Waals surface area contributed by atoms with E-state index in [0.717, 1.165) is 6.54 Å². The van der Waals surface area contributed by atoms with E-state index in [2.05, 4.69) is 36.3 Å². The van der Waals surface area contributed by atoms with Gasteiger partial charge in [0.2, 0.25) is 0 Å². The van der Waals surface area contributed by atoms with Crippen LogP contribution in [-0.4, -0.2) is 23.0 Å². The summed E-state index contributed by atoms with van der Waals surface area (Å²) >= 11 is 1.86. The normalized spacial score (nSPS) is 25.6. The second-order valence-electron chi connectivity index (χ2n) is 5.71. The molecule has 2 nitrogen and oxygen atoms in total. The largest absolute Gasteiger partial charge is 0.326 e. The predicted octanol–water partition coefficient (Wildman–Crippen LogP) is 3.62. The SMILES string of the molecule is CC(C)N(Cc1cccs1)C1CCCCCC1N. The zero-order valence-corrected chi connectivity index (χ0v) is 12.5. The lowest BCUT2D eigenvalue weighted by Gasteiger charge is -2.37. The lowest BCUT2D eigenvalue weighted by Crippen LogP contribution is -2.49. The van der Waals surface area contributed by atoms with Gasteiger partial charge in [-0.3, -0.25) is 4.90 Å². The Bertz CT molecular complexity index is 334. The van der Waals surface area contributed by atoms with Crippen LogP contribution in [0.1, 0.15) is 50.8 Å². The predicted molar refractivity (Wildman–Crippen MR) is 79.8 cm³/mol. The Morgan fingerprint density at radius 1 is 1.33 bits per heavy atom. The van der Waals surface area contributed by atoms with Gasteiger partial charge >= 0.3 is 0 Å². The van der Waals surface area contributed by atoms with Crippen LogP contribution in [0.15, 0.2) is 17.5 Å². The zero-order valence-electron chi connectivity index (χ0n) is 11.6. The minimum absolute atomic E-state index is 0.356. The first-order valence-corrected chi connectivity index (χ1v) is 8.10. The third kappa shape index (κ3) is 3.56. The quantitative estimate of drug-likeness (QED) is 0.843. The van der Waals surface area contributed by atoms with E-state index in [0.29, 0.717) is 18.1 Å². The smallest absolute Gasteiger partial charge is 0.0334 e. The van der Waals surface area contributed by atoms with Crippen molar-refractivity contribution >= 4 is 11.3 Å². The highest BCUT2D eigenvalue weighted by molar-refractivity contribution is 7.09. The summed E-state index contributed by atoms with van der Waals surface area (Å²) in [6, 6.07) is 5.87. The second kappa shape index (κ2) is 6.69. The third-order valence-electron chi connectivity index (χ3n) is 4.04. The highest BCUT2D eigenvalue weighted by atomic mass is 32.1. The van der Waals surface area contributed by atoms with Crippen LogP contribution in [0.5, 0.6) is 0 Å². The molecule has 18 heavy (non-hydrogen) atoms. The number of hydrogen-bond acceptors (Lipinski definition) is 3. The average Bonchev–Trinajstić information content (AvgIpc) is 2.75. The summed E-state index contributed by atoms with van der Waals surface area (Å²) in [5.74, 6) is 0. The van der Waals surface area contributed by atoms with Crippen LogP contribution in [0.25, 0.3) is 0 Å². The van der Waals surface area contributed by atoms with E-state index in [9.17, 15) is 0 Å². The molecule has 2 N–H and O–H groups in total. The summed E-state index contributed by atoms with van der Waals surface area (Å²) in [5, 5.41) is 2.17. The van der Waals surface area contributed by atoms with Crippen molar-refractivity contribution in [2.75, 3.05) is 0 Å². The lowest BCUT2D eigenvalue weighted by molar-refractivity contribution is 0.118. The van der Waals surface area contributed by atoms with E-state index in [4.69, 9.17) is 5.73 Å². The standard InChI is InChI=1S/C15H26N2S/c1-12(2)17(11-13-7-6-10-18-13)15-9-5-3-4-8-14(15)16/h6-7,10,12,14-15H,3-5,8-9,11,16H2,1-2H3. The molecule has 1 aliphatic carbocycles. The molecule has 1 heterocycles. The van der Waals surface area contributed by atoms with Crippen molar-refractivity contribution in [3.05, 3.63) is 22.4 Å². The monoisotopic (exact) mass is 266 g/mol. The maximum atomic E-state index is 6.41. The van der Waals surface area contributed by atoms with Crippen LogP contribution in [0.3, 0.4) is 0 Å². The molecule has 0 spiro atoms. The molecule has 0 aromatic carbocycles. The van der Waals surface area contributed by atoms with Crippen molar-refractivity contribution in [3.8, 4) is 0 Å². The van der Waals surface area contributed by atoms with E-state index in [1.165, 1.54) is 37.0 Å². The first-order valence-electron chi connectivity index (χ1n) is 7.22. The van der Waals surface area contributed by atoms with Crippen molar-refractivity contribution in [2.24, 2.45) is 5.73 Å². The number of hydrogen-bond donors (Lipinski definition) is 1. The molecular formula is C15H26N2S. The molecule has 2 rings (SSSR count). The first-order chi connectivity index (χ1) is 8.68. The Kier molecular flexibility index (Phi) is 5.22. The van der Waals surface area contributed by atoms with Crippen LogP contribution in [0.4, 0.5) is 0 Å². The van der Waals surface area contributed by atoms with Gasteiger partial charge in [0.05, 0.1) is 0 Å². The Morgan fingerprint density at radius 3 is 2.78 bits per heavy atom. The summed E-state index contributed by atoms with van der Waals surface area (Å²) in [6.07, 6.45) is 6.47. The van der Waals surface area contributed by atoms with Crippen LogP contribution >= 0.6 is 11.3 Å². The van der Waals surface area contributed by atoms with Gasteiger partial charge in [-0.15, -0.1) is 11.3 Å². The molecule has 1 aliphatic rings. The summed E-state index contributed by atoms with van der Waals surface area (Å²) in [5.41, 5.74) is 6.41. The fourth-order valence-corrected chi connectivity index (χ4v) is 3.71. The number of nitrogens with zero attached hydrogens (tertiary/aromatic N) is 1. The molecule has 1 saturated carbocycles. The van der Waals surface area contributed by atoms with Crippen molar-refractivity contribution in [2.45, 2.75) is 70.6 Å². The summed E-state index contributed by atoms with van der Waals surface area (Å²) in [4.78, 5) is 4.07. The van der Waals surface area contributed by atoms with Gasteiger partial charge < -0.3 is 5.73 Å². The summed E-state index contributed by atoms with van der Waals surface area (Å²) in [6.45, 7) is 5.66. The summed E-state index contributed by atoms with van der Waals surface area (Å²) in [7, 11) is 0. The van der Waals surface area contributed by atoms with Gasteiger partial charge in [0.1, 0.15) is 0 Å². The van der Waals surface area contributed by atoms with Gasteiger partial charge in [0, 0.05) is 29.5 Å². The Morgan fingerprint density at radius 2 is 2.11 bits per heavy atom. The second-order valence-corrected chi connectivity index (χ2v) is 6.75. The zero-order chi connectivity index (χ0) is 13.0. The molecule has 1 fully saturated rings. The molecular weight excluding hydrogens is 240 g/mol. The molecule has 1 aromatic rings. The maximum absolute atomic E-state index is 6.41. The summed E-state index contributed by atoms with van der Waals surface area (Å²) < 4.78 is 0. The number of rotatable bonds is 4. The Labute approximate surface area is 115 Å². The van der Waals surface area contributed by atoms with E-state index < -0.39 is 0 Å². The van der Waals surface area contributed by atoms with Gasteiger partial charge in [0.15, 0.2) is 0 Å². The van der Waals surface area contributed by atoms with E-state index in [1.54, 1.807) is 0 Å². The molecule has 0 amide bonds. The molecule has 0 bridgehead atoms. The highest BCUT2D eigenvalue weighted by Crippen LogP contribution is 2.25. The minimum atomic E-state index is 0.356. The van der Waals surface area contributed by atoms with E-state index >= 15 is 0 Å². The molecule has 1 aromatic heterocycles. The Balaban J connectivity index is 2.07. The van der Waals surface area contributed by atoms with Crippen molar-refractivity contribution < 1.29 is 0 Å². The van der Waals surface area contributed by atoms with Crippen molar-refractivity contribution in [1.82, 2.24) is 4.90 Å². The number of thiophene rings is 1. The van der Waals surface area contributed by atoms with Crippen molar-refractivity contribution in [1.29, 1.82) is 0 Å². The van der Waals surface area contributed by atoms with Gasteiger partial charge in [0.25, 0.3) is 0 Å². The highest BCUT2D eigenvalue weighted by Gasteiger charge is 2.28. The van der Waals surface area contributed by atoms with Crippen LogP contribution < -0.4 is 5.73 Å². The molecule has 102 valence electrons. The fraction of sp³-hybridized carbons (Fsp3) is 0.733. The average molecular weight is 266 g/mol. The molecule has 0 saturated heterocycles. The molecule has 2 atom stereocenters. The number of nitrogens with two attached hydrogens (primary N) is 1. The maximum Gasteiger partial charge on any atom is 0.0334 e. The van der Waals surface area contributed by atoms with Gasteiger partial charge in [-0.1, -0.05) is 25.3 Å². The van der Waals surface area contributed by atoms with Crippen LogP contribution in [0.2, 0.25) is 0 Å². The first kappa shape index (κ1) is 14.0. The van der Waals surface area contributed by atoms with E-state index in [1.807, 2.05) is 11.3 Å². The van der Waals surface area contributed by atoms with E-state index in [-0.39, 0.29) is 0 Å². The topological polar surface area (TPSA) is 29.3 Å². The molecule has 0 aliphatic heterocycles. The lowest BCUT2D eigenvalue weighted by atomic mass is 10.0. The van der Waals surface area contributed by atoms with Gasteiger partial charge in [-0.05, 0) is 38.1 Å². The van der Waals surface area contributed by atoms with Crippen molar-refractivity contribution in [3.63, 3.8) is 0 Å².